The highest BCUT2D eigenvalue weighted by atomic mass is 16.6. The van der Waals surface area contributed by atoms with Crippen molar-refractivity contribution in [1.29, 1.82) is 0 Å². The van der Waals surface area contributed by atoms with Crippen LogP contribution in [0.25, 0.3) is 0 Å². The summed E-state index contributed by atoms with van der Waals surface area (Å²) in [5.74, 6) is -0.295. The van der Waals surface area contributed by atoms with Gasteiger partial charge in [0.05, 0.1) is 17.2 Å². The maximum absolute atomic E-state index is 12.5. The van der Waals surface area contributed by atoms with E-state index < -0.39 is 10.8 Å². The Hall–Kier alpha value is -5.06. The number of hydrogen-bond donors (Lipinski definition) is 2. The lowest BCUT2D eigenvalue weighted by Gasteiger charge is -2.08. The number of nitrogens with one attached hydrogen (secondary N) is 2. The Balaban J connectivity index is 1.34. The quantitative estimate of drug-likeness (QED) is 0.217. The molecule has 11 heteroatoms. The van der Waals surface area contributed by atoms with E-state index in [2.05, 4.69) is 20.9 Å². The van der Waals surface area contributed by atoms with E-state index in [9.17, 15) is 19.7 Å². The highest BCUT2D eigenvalue weighted by Crippen LogP contribution is 2.15. The molecule has 0 saturated carbocycles. The normalized spacial score (nSPS) is 11.2. The highest BCUT2D eigenvalue weighted by molar-refractivity contribution is 6.06. The van der Waals surface area contributed by atoms with E-state index in [4.69, 9.17) is 4.42 Å². The van der Waals surface area contributed by atoms with Crippen LogP contribution in [-0.2, 0) is 6.54 Å². The van der Waals surface area contributed by atoms with Crippen molar-refractivity contribution in [2.24, 2.45) is 5.10 Å². The third-order valence-corrected chi connectivity index (χ3v) is 5.31. The molecule has 0 aliphatic rings. The Kier molecular flexibility index (Phi) is 7.00. The van der Waals surface area contributed by atoms with Crippen LogP contribution in [0.1, 0.15) is 44.7 Å². The second-order valence-electron chi connectivity index (χ2n) is 7.90. The maximum Gasteiger partial charge on any atom is 0.307 e. The molecule has 2 N–H and O–H groups in total. The summed E-state index contributed by atoms with van der Waals surface area (Å²) in [5, 5.41) is 21.6. The standard InChI is InChI=1S/C25H22N6O5/c1-16-5-3-4-6-22(16)24(32)27-19-9-7-18(8-10-19)17(2)28-29-25(33)23-12-11-21(36-23)15-30-14-20(13-26-30)31(34)35/h3-14H,15H2,1-2H3,(H,27,32)(H,29,33). The van der Waals surface area contributed by atoms with E-state index >= 15 is 0 Å². The molecule has 0 unspecified atom stereocenters. The number of nitrogens with zero attached hydrogens (tertiary/aromatic N) is 4. The molecule has 4 aromatic rings. The smallest absolute Gasteiger partial charge is 0.307 e. The number of nitro groups is 1. The monoisotopic (exact) mass is 486 g/mol. The molecule has 0 aliphatic heterocycles. The Morgan fingerprint density at radius 3 is 2.53 bits per heavy atom. The van der Waals surface area contributed by atoms with E-state index in [-0.39, 0.29) is 23.9 Å². The second kappa shape index (κ2) is 10.5. The summed E-state index contributed by atoms with van der Waals surface area (Å²) in [4.78, 5) is 35.1. The number of benzene rings is 2. The van der Waals surface area contributed by atoms with Crippen molar-refractivity contribution in [1.82, 2.24) is 15.2 Å². The molecule has 0 spiro atoms. The molecule has 0 saturated heterocycles. The summed E-state index contributed by atoms with van der Waals surface area (Å²) in [6, 6.07) is 17.5. The molecule has 11 nitrogen and oxygen atoms in total. The zero-order valence-electron chi connectivity index (χ0n) is 19.5. The van der Waals surface area contributed by atoms with Crippen molar-refractivity contribution in [3.63, 3.8) is 0 Å². The fraction of sp³-hybridized carbons (Fsp3) is 0.120. The summed E-state index contributed by atoms with van der Waals surface area (Å²) in [6.07, 6.45) is 2.41. The number of carbonyl (C=O) groups excluding carboxylic acids is 2. The first-order chi connectivity index (χ1) is 17.3. The van der Waals surface area contributed by atoms with Crippen LogP contribution in [0.5, 0.6) is 0 Å². The van der Waals surface area contributed by atoms with Gasteiger partial charge < -0.3 is 9.73 Å². The summed E-state index contributed by atoms with van der Waals surface area (Å²) in [6.45, 7) is 3.75. The molecule has 2 aromatic heterocycles. The number of rotatable bonds is 8. The van der Waals surface area contributed by atoms with Gasteiger partial charge in [-0.05, 0) is 55.3 Å². The molecular weight excluding hydrogens is 464 g/mol. The Morgan fingerprint density at radius 2 is 1.83 bits per heavy atom. The molecule has 36 heavy (non-hydrogen) atoms. The minimum Gasteiger partial charge on any atom is -0.454 e. The van der Waals surface area contributed by atoms with Gasteiger partial charge in [0.1, 0.15) is 18.2 Å². The molecule has 2 aromatic carbocycles. The van der Waals surface area contributed by atoms with E-state index in [0.717, 1.165) is 17.3 Å². The minimum atomic E-state index is -0.547. The van der Waals surface area contributed by atoms with Crippen LogP contribution in [0.3, 0.4) is 0 Å². The van der Waals surface area contributed by atoms with Gasteiger partial charge in [0, 0.05) is 11.3 Å². The second-order valence-corrected chi connectivity index (χ2v) is 7.90. The zero-order chi connectivity index (χ0) is 25.7. The minimum absolute atomic E-state index is 0.0393. The van der Waals surface area contributed by atoms with Crippen LogP contribution in [-0.4, -0.2) is 32.2 Å². The predicted molar refractivity (Wildman–Crippen MR) is 132 cm³/mol. The van der Waals surface area contributed by atoms with E-state index in [1.165, 1.54) is 16.9 Å². The number of hydrazone groups is 1. The van der Waals surface area contributed by atoms with Gasteiger partial charge in [0.2, 0.25) is 0 Å². The molecule has 0 bridgehead atoms. The van der Waals surface area contributed by atoms with E-state index in [0.29, 0.717) is 22.7 Å². The topological polar surface area (TPSA) is 145 Å². The summed E-state index contributed by atoms with van der Waals surface area (Å²) in [7, 11) is 0. The molecule has 0 aliphatic carbocycles. The molecule has 0 atom stereocenters. The van der Waals surface area contributed by atoms with Gasteiger partial charge in [-0.1, -0.05) is 30.3 Å². The van der Waals surface area contributed by atoms with Crippen LogP contribution in [0, 0.1) is 17.0 Å². The molecule has 2 heterocycles. The number of hydrogen-bond acceptors (Lipinski definition) is 7. The van der Waals surface area contributed by atoms with Gasteiger partial charge in [0.15, 0.2) is 5.76 Å². The number of aryl methyl sites for hydroxylation is 1. The molecule has 2 amide bonds. The third kappa shape index (κ3) is 5.70. The van der Waals surface area contributed by atoms with Crippen LogP contribution < -0.4 is 10.7 Å². The SMILES string of the molecule is CC(=NNC(=O)c1ccc(Cn2cc([N+](=O)[O-])cn2)o1)c1ccc(NC(=O)c2ccccc2C)cc1. The summed E-state index contributed by atoms with van der Waals surface area (Å²) >= 11 is 0. The van der Waals surface area contributed by atoms with Gasteiger partial charge in [-0.15, -0.1) is 0 Å². The Labute approximate surface area is 205 Å². The first-order valence-electron chi connectivity index (χ1n) is 10.9. The van der Waals surface area contributed by atoms with Crippen molar-refractivity contribution in [3.05, 3.63) is 111 Å². The molecular formula is C25H22N6O5. The number of furan rings is 1. The van der Waals surface area contributed by atoms with Gasteiger partial charge in [-0.3, -0.25) is 24.4 Å². The average Bonchev–Trinajstić information content (AvgIpc) is 3.53. The number of carbonyl (C=O) groups is 2. The van der Waals surface area contributed by atoms with Gasteiger partial charge in [-0.2, -0.15) is 10.2 Å². The molecule has 4 rings (SSSR count). The summed E-state index contributed by atoms with van der Waals surface area (Å²) in [5.41, 5.74) is 5.74. The highest BCUT2D eigenvalue weighted by Gasteiger charge is 2.14. The van der Waals surface area contributed by atoms with Crippen LogP contribution >= 0.6 is 0 Å². The molecule has 182 valence electrons. The average molecular weight is 486 g/mol. The van der Waals surface area contributed by atoms with Gasteiger partial charge in [0.25, 0.3) is 5.91 Å². The van der Waals surface area contributed by atoms with E-state index in [1.807, 2.05) is 25.1 Å². The molecule has 0 fully saturated rings. The number of amides is 2. The Bertz CT molecular complexity index is 1450. The lowest BCUT2D eigenvalue weighted by molar-refractivity contribution is -0.385. The van der Waals surface area contributed by atoms with Crippen molar-refractivity contribution in [3.8, 4) is 0 Å². The van der Waals surface area contributed by atoms with Crippen molar-refractivity contribution >= 4 is 28.9 Å². The van der Waals surface area contributed by atoms with Crippen LogP contribution in [0.2, 0.25) is 0 Å². The van der Waals surface area contributed by atoms with E-state index in [1.54, 1.807) is 43.3 Å². The summed E-state index contributed by atoms with van der Waals surface area (Å²) < 4.78 is 6.84. The third-order valence-electron chi connectivity index (χ3n) is 5.31. The predicted octanol–water partition coefficient (Wildman–Crippen LogP) is 4.15. The lowest BCUT2D eigenvalue weighted by atomic mass is 10.1. The fourth-order valence-corrected chi connectivity index (χ4v) is 3.35. The zero-order valence-corrected chi connectivity index (χ0v) is 19.5. The number of anilines is 1. The van der Waals surface area contributed by atoms with Crippen molar-refractivity contribution in [2.45, 2.75) is 20.4 Å². The largest absolute Gasteiger partial charge is 0.454 e. The maximum atomic E-state index is 12.5. The first-order valence-corrected chi connectivity index (χ1v) is 10.9. The van der Waals surface area contributed by atoms with Crippen LogP contribution in [0.4, 0.5) is 11.4 Å². The van der Waals surface area contributed by atoms with Crippen molar-refractivity contribution < 1.29 is 18.9 Å². The number of aromatic nitrogens is 2. The van der Waals surface area contributed by atoms with Crippen LogP contribution in [0.15, 0.2) is 82.6 Å². The van der Waals surface area contributed by atoms with Gasteiger partial charge >= 0.3 is 11.6 Å². The fourth-order valence-electron chi connectivity index (χ4n) is 3.35. The first kappa shape index (κ1) is 24.1. The Morgan fingerprint density at radius 1 is 1.08 bits per heavy atom. The van der Waals surface area contributed by atoms with Gasteiger partial charge in [-0.25, -0.2) is 5.43 Å². The van der Waals surface area contributed by atoms with Crippen molar-refractivity contribution in [2.75, 3.05) is 5.32 Å². The molecule has 0 radical (unpaired) electrons. The lowest BCUT2D eigenvalue weighted by Crippen LogP contribution is -2.18.